The molecule has 1 aliphatic rings. The van der Waals surface area contributed by atoms with E-state index in [1.165, 1.54) is 0 Å². The van der Waals surface area contributed by atoms with Gasteiger partial charge in [-0.3, -0.25) is 4.79 Å². The molecule has 0 aliphatic carbocycles. The summed E-state index contributed by atoms with van der Waals surface area (Å²) in [4.78, 5) is 11.6. The number of rotatable bonds is 3. The molecule has 4 nitrogen and oxygen atoms in total. The van der Waals surface area contributed by atoms with Gasteiger partial charge in [0.25, 0.3) is 0 Å². The number of carbonyl (C=O) groups is 1. The number of amides is 1. The molecule has 0 aromatic rings. The molecule has 0 spiro atoms. The van der Waals surface area contributed by atoms with Crippen LogP contribution in [-0.2, 0) is 4.79 Å². The molecule has 2 unspecified atom stereocenters. The molecule has 1 heterocycles. The Morgan fingerprint density at radius 3 is 2.71 bits per heavy atom. The first-order valence-corrected chi connectivity index (χ1v) is 5.13. The lowest BCUT2D eigenvalue weighted by molar-refractivity contribution is -0.126. The fourth-order valence-electron chi connectivity index (χ4n) is 1.65. The molecule has 0 bridgehead atoms. The van der Waals surface area contributed by atoms with Crippen molar-refractivity contribution in [3.8, 4) is 0 Å². The summed E-state index contributed by atoms with van der Waals surface area (Å²) < 4.78 is 0. The van der Waals surface area contributed by atoms with E-state index in [1.807, 2.05) is 6.92 Å². The van der Waals surface area contributed by atoms with Crippen molar-refractivity contribution >= 4 is 5.91 Å². The van der Waals surface area contributed by atoms with Crippen molar-refractivity contribution in [1.29, 1.82) is 0 Å². The van der Waals surface area contributed by atoms with Gasteiger partial charge in [0.05, 0.1) is 11.5 Å². The predicted molar refractivity (Wildman–Crippen MR) is 54.9 cm³/mol. The quantitative estimate of drug-likeness (QED) is 0.595. The second-order valence-electron chi connectivity index (χ2n) is 4.67. The molecule has 1 rings (SSSR count). The van der Waals surface area contributed by atoms with Crippen LogP contribution in [-0.4, -0.2) is 35.7 Å². The van der Waals surface area contributed by atoms with Gasteiger partial charge in [0.2, 0.25) is 5.91 Å². The number of nitrogens with one attached hydrogen (secondary N) is 2. The fraction of sp³-hybridized carbons (Fsp3) is 0.900. The third kappa shape index (κ3) is 3.27. The van der Waals surface area contributed by atoms with Crippen LogP contribution >= 0.6 is 0 Å². The molecule has 1 fully saturated rings. The minimum atomic E-state index is -0.828. The molecule has 2 atom stereocenters. The first-order valence-electron chi connectivity index (χ1n) is 5.13. The SMILES string of the molecule is CC1NCCC1C(=O)NCC(C)(C)O. The van der Waals surface area contributed by atoms with E-state index in [9.17, 15) is 9.90 Å². The monoisotopic (exact) mass is 200 g/mol. The highest BCUT2D eigenvalue weighted by atomic mass is 16.3. The standard InChI is InChI=1S/C10H20N2O2/c1-7-8(4-5-11-7)9(13)12-6-10(2,3)14/h7-8,11,14H,4-6H2,1-3H3,(H,12,13). The zero-order valence-corrected chi connectivity index (χ0v) is 9.13. The van der Waals surface area contributed by atoms with Gasteiger partial charge in [-0.1, -0.05) is 0 Å². The van der Waals surface area contributed by atoms with Gasteiger partial charge in [-0.25, -0.2) is 0 Å². The summed E-state index contributed by atoms with van der Waals surface area (Å²) in [5.41, 5.74) is -0.828. The van der Waals surface area contributed by atoms with Crippen LogP contribution in [0.15, 0.2) is 0 Å². The molecule has 1 saturated heterocycles. The Balaban J connectivity index is 2.35. The van der Waals surface area contributed by atoms with E-state index in [1.54, 1.807) is 13.8 Å². The fourth-order valence-corrected chi connectivity index (χ4v) is 1.65. The van der Waals surface area contributed by atoms with Crippen LogP contribution in [0.25, 0.3) is 0 Å². The number of carbonyl (C=O) groups excluding carboxylic acids is 1. The van der Waals surface area contributed by atoms with E-state index in [-0.39, 0.29) is 17.9 Å². The molecule has 1 aliphatic heterocycles. The van der Waals surface area contributed by atoms with Gasteiger partial charge in [0.1, 0.15) is 0 Å². The van der Waals surface area contributed by atoms with Gasteiger partial charge >= 0.3 is 0 Å². The molecule has 14 heavy (non-hydrogen) atoms. The molecule has 82 valence electrons. The van der Waals surface area contributed by atoms with Crippen molar-refractivity contribution in [3.05, 3.63) is 0 Å². The minimum absolute atomic E-state index is 0.0459. The van der Waals surface area contributed by atoms with Gasteiger partial charge in [-0.15, -0.1) is 0 Å². The maximum Gasteiger partial charge on any atom is 0.224 e. The van der Waals surface area contributed by atoms with Crippen molar-refractivity contribution in [1.82, 2.24) is 10.6 Å². The lowest BCUT2D eigenvalue weighted by Gasteiger charge is -2.20. The van der Waals surface area contributed by atoms with Crippen LogP contribution in [0.5, 0.6) is 0 Å². The average Bonchev–Trinajstić information content (AvgIpc) is 2.46. The first-order chi connectivity index (χ1) is 6.40. The summed E-state index contributed by atoms with van der Waals surface area (Å²) in [5.74, 6) is 0.0991. The maximum atomic E-state index is 11.6. The van der Waals surface area contributed by atoms with Crippen molar-refractivity contribution in [3.63, 3.8) is 0 Å². The third-order valence-electron chi connectivity index (χ3n) is 2.56. The number of hydrogen-bond donors (Lipinski definition) is 3. The molecule has 0 aromatic carbocycles. The first kappa shape index (κ1) is 11.5. The van der Waals surface area contributed by atoms with E-state index >= 15 is 0 Å². The Morgan fingerprint density at radius 1 is 1.64 bits per heavy atom. The molecule has 0 saturated carbocycles. The topological polar surface area (TPSA) is 61.4 Å². The highest BCUT2D eigenvalue weighted by Crippen LogP contribution is 2.15. The summed E-state index contributed by atoms with van der Waals surface area (Å²) in [6, 6.07) is 0.247. The molecule has 4 heteroatoms. The molecule has 0 aromatic heterocycles. The van der Waals surface area contributed by atoms with Crippen LogP contribution in [0.2, 0.25) is 0 Å². The maximum absolute atomic E-state index is 11.6. The van der Waals surface area contributed by atoms with Crippen molar-refractivity contribution in [2.24, 2.45) is 5.92 Å². The van der Waals surface area contributed by atoms with Gasteiger partial charge in [-0.05, 0) is 33.7 Å². The van der Waals surface area contributed by atoms with Crippen molar-refractivity contribution < 1.29 is 9.90 Å². The van der Waals surface area contributed by atoms with Crippen LogP contribution in [0.3, 0.4) is 0 Å². The van der Waals surface area contributed by atoms with Gasteiger partial charge in [0, 0.05) is 12.6 Å². The number of hydrogen-bond acceptors (Lipinski definition) is 3. The molecular weight excluding hydrogens is 180 g/mol. The van der Waals surface area contributed by atoms with Crippen LogP contribution in [0, 0.1) is 5.92 Å². The Labute approximate surface area is 85.1 Å². The van der Waals surface area contributed by atoms with Gasteiger partial charge in [-0.2, -0.15) is 0 Å². The highest BCUT2D eigenvalue weighted by molar-refractivity contribution is 5.79. The van der Waals surface area contributed by atoms with Crippen LogP contribution in [0.1, 0.15) is 27.2 Å². The Hall–Kier alpha value is -0.610. The van der Waals surface area contributed by atoms with E-state index < -0.39 is 5.60 Å². The normalized spacial score (nSPS) is 27.7. The Morgan fingerprint density at radius 2 is 2.29 bits per heavy atom. The predicted octanol–water partition coefficient (Wildman–Crippen LogP) is -0.128. The van der Waals surface area contributed by atoms with Crippen molar-refractivity contribution in [2.75, 3.05) is 13.1 Å². The smallest absolute Gasteiger partial charge is 0.224 e. The highest BCUT2D eigenvalue weighted by Gasteiger charge is 2.29. The molecule has 3 N–H and O–H groups in total. The van der Waals surface area contributed by atoms with E-state index in [0.29, 0.717) is 6.54 Å². The van der Waals surface area contributed by atoms with E-state index in [0.717, 1.165) is 13.0 Å². The number of aliphatic hydroxyl groups is 1. The van der Waals surface area contributed by atoms with Crippen LogP contribution in [0.4, 0.5) is 0 Å². The van der Waals surface area contributed by atoms with Crippen molar-refractivity contribution in [2.45, 2.75) is 38.8 Å². The minimum Gasteiger partial charge on any atom is -0.389 e. The lowest BCUT2D eigenvalue weighted by Crippen LogP contribution is -2.43. The zero-order chi connectivity index (χ0) is 10.8. The molecular formula is C10H20N2O2. The summed E-state index contributed by atoms with van der Waals surface area (Å²) >= 11 is 0. The summed E-state index contributed by atoms with van der Waals surface area (Å²) in [5, 5.41) is 15.4. The second kappa shape index (κ2) is 4.28. The third-order valence-corrected chi connectivity index (χ3v) is 2.56. The summed E-state index contributed by atoms with van der Waals surface area (Å²) in [7, 11) is 0. The zero-order valence-electron chi connectivity index (χ0n) is 9.13. The molecule has 0 radical (unpaired) electrons. The Bertz CT molecular complexity index is 211. The summed E-state index contributed by atoms with van der Waals surface area (Å²) in [6.07, 6.45) is 0.888. The van der Waals surface area contributed by atoms with Gasteiger partial charge in [0.15, 0.2) is 0 Å². The summed E-state index contributed by atoms with van der Waals surface area (Å²) in [6.45, 7) is 6.60. The largest absolute Gasteiger partial charge is 0.389 e. The Kier molecular flexibility index (Phi) is 3.50. The van der Waals surface area contributed by atoms with Crippen LogP contribution < -0.4 is 10.6 Å². The van der Waals surface area contributed by atoms with E-state index in [4.69, 9.17) is 0 Å². The lowest BCUT2D eigenvalue weighted by atomic mass is 10.0. The second-order valence-corrected chi connectivity index (χ2v) is 4.67. The average molecular weight is 200 g/mol. The molecule has 1 amide bonds. The van der Waals surface area contributed by atoms with E-state index in [2.05, 4.69) is 10.6 Å². The van der Waals surface area contributed by atoms with Gasteiger partial charge < -0.3 is 15.7 Å².